The van der Waals surface area contributed by atoms with E-state index < -0.39 is 11.8 Å². The molecule has 0 aliphatic carbocycles. The summed E-state index contributed by atoms with van der Waals surface area (Å²) in [6.07, 6.45) is 0.932. The molecule has 1 heterocycles. The second-order valence-electron chi connectivity index (χ2n) is 5.93. The monoisotopic (exact) mass is 329 g/mol. The lowest BCUT2D eigenvalue weighted by atomic mass is 10.0. The number of hydrogen-bond donors (Lipinski definition) is 3. The van der Waals surface area contributed by atoms with E-state index in [1.807, 2.05) is 33.8 Å². The summed E-state index contributed by atoms with van der Waals surface area (Å²) < 4.78 is 0. The molecule has 2 amide bonds. The predicted molar refractivity (Wildman–Crippen MR) is 92.2 cm³/mol. The Morgan fingerprint density at radius 1 is 1.25 bits per heavy atom. The van der Waals surface area contributed by atoms with Gasteiger partial charge in [0, 0.05) is 17.3 Å². The van der Waals surface area contributed by atoms with Crippen LogP contribution in [0.3, 0.4) is 0 Å². The number of rotatable bonds is 5. The molecule has 2 atom stereocenters. The van der Waals surface area contributed by atoms with Crippen molar-refractivity contribution in [3.8, 4) is 11.4 Å². The molecule has 2 rings (SSSR count). The molecule has 2 aromatic rings. The van der Waals surface area contributed by atoms with Gasteiger partial charge < -0.3 is 10.6 Å². The van der Waals surface area contributed by atoms with E-state index in [4.69, 9.17) is 0 Å². The number of anilines is 1. The first-order chi connectivity index (χ1) is 11.4. The van der Waals surface area contributed by atoms with Crippen LogP contribution < -0.4 is 10.6 Å². The Labute approximate surface area is 141 Å². The lowest BCUT2D eigenvalue weighted by Gasteiger charge is -2.19. The number of carbonyl (C=O) groups is 2. The zero-order valence-electron chi connectivity index (χ0n) is 14.4. The lowest BCUT2D eigenvalue weighted by Crippen LogP contribution is -2.43. The molecule has 0 saturated heterocycles. The number of H-pyrrole nitrogens is 1. The topological polar surface area (TPSA) is 99.8 Å². The zero-order chi connectivity index (χ0) is 17.7. The smallest absolute Gasteiger partial charge is 0.313 e. The van der Waals surface area contributed by atoms with Gasteiger partial charge in [-0.3, -0.25) is 14.7 Å². The zero-order valence-corrected chi connectivity index (χ0v) is 14.4. The molecule has 0 saturated carbocycles. The van der Waals surface area contributed by atoms with Crippen LogP contribution in [0.15, 0.2) is 24.3 Å². The van der Waals surface area contributed by atoms with Crippen molar-refractivity contribution in [1.29, 1.82) is 0 Å². The van der Waals surface area contributed by atoms with E-state index in [9.17, 15) is 9.59 Å². The van der Waals surface area contributed by atoms with Crippen LogP contribution in [-0.4, -0.2) is 33.0 Å². The standard InChI is InChI=1S/C17H23N5O2/c1-5-10(2)11(3)18-16(23)17(24)20-14-8-6-7-13(9-14)15-19-12(4)21-22-15/h6-11H,5H2,1-4H3,(H,18,23)(H,20,24)(H,19,21,22)/t10-,11+/m1/s1. The summed E-state index contributed by atoms with van der Waals surface area (Å²) in [5.74, 6) is 0.228. The number of nitrogens with zero attached hydrogens (tertiary/aromatic N) is 2. The largest absolute Gasteiger partial charge is 0.345 e. The van der Waals surface area contributed by atoms with Gasteiger partial charge in [-0.1, -0.05) is 32.4 Å². The van der Waals surface area contributed by atoms with Crippen molar-refractivity contribution in [3.63, 3.8) is 0 Å². The molecular weight excluding hydrogens is 306 g/mol. The van der Waals surface area contributed by atoms with Crippen molar-refractivity contribution < 1.29 is 9.59 Å². The Kier molecular flexibility index (Phi) is 5.68. The molecular formula is C17H23N5O2. The molecule has 0 fully saturated rings. The van der Waals surface area contributed by atoms with Crippen LogP contribution >= 0.6 is 0 Å². The summed E-state index contributed by atoms with van der Waals surface area (Å²) in [6.45, 7) is 7.78. The minimum Gasteiger partial charge on any atom is -0.345 e. The van der Waals surface area contributed by atoms with Crippen LogP contribution in [0.4, 0.5) is 5.69 Å². The third-order valence-electron chi connectivity index (χ3n) is 4.04. The molecule has 7 heteroatoms. The summed E-state index contributed by atoms with van der Waals surface area (Å²) in [4.78, 5) is 28.3. The lowest BCUT2D eigenvalue weighted by molar-refractivity contribution is -0.136. The van der Waals surface area contributed by atoms with E-state index in [2.05, 4.69) is 25.8 Å². The third-order valence-corrected chi connectivity index (χ3v) is 4.04. The molecule has 1 aromatic heterocycles. The molecule has 7 nitrogen and oxygen atoms in total. The van der Waals surface area contributed by atoms with E-state index in [0.717, 1.165) is 12.0 Å². The number of aromatic amines is 1. The summed E-state index contributed by atoms with van der Waals surface area (Å²) in [6, 6.07) is 6.99. The summed E-state index contributed by atoms with van der Waals surface area (Å²) in [5, 5.41) is 12.2. The fraction of sp³-hybridized carbons (Fsp3) is 0.412. The number of nitrogens with one attached hydrogen (secondary N) is 3. The normalized spacial score (nSPS) is 13.2. The molecule has 0 aliphatic heterocycles. The number of hydrogen-bond acceptors (Lipinski definition) is 4. The maximum Gasteiger partial charge on any atom is 0.313 e. The quantitative estimate of drug-likeness (QED) is 0.733. The van der Waals surface area contributed by atoms with Gasteiger partial charge in [0.25, 0.3) is 0 Å². The summed E-state index contributed by atoms with van der Waals surface area (Å²) in [5.41, 5.74) is 1.27. The molecule has 0 radical (unpaired) electrons. The molecule has 128 valence electrons. The van der Waals surface area contributed by atoms with Crippen LogP contribution in [0.5, 0.6) is 0 Å². The van der Waals surface area contributed by atoms with Crippen molar-refractivity contribution in [3.05, 3.63) is 30.1 Å². The first kappa shape index (κ1) is 17.7. The van der Waals surface area contributed by atoms with Crippen LogP contribution in [0.25, 0.3) is 11.4 Å². The van der Waals surface area contributed by atoms with E-state index >= 15 is 0 Å². The van der Waals surface area contributed by atoms with E-state index in [1.54, 1.807) is 18.2 Å². The van der Waals surface area contributed by atoms with Gasteiger partial charge in [-0.05, 0) is 31.9 Å². The van der Waals surface area contributed by atoms with Gasteiger partial charge in [-0.15, -0.1) is 0 Å². The molecule has 3 N–H and O–H groups in total. The fourth-order valence-corrected chi connectivity index (χ4v) is 2.16. The highest BCUT2D eigenvalue weighted by Gasteiger charge is 2.19. The van der Waals surface area contributed by atoms with Crippen LogP contribution in [0.1, 0.15) is 33.0 Å². The third kappa shape index (κ3) is 4.41. The molecule has 0 aliphatic rings. The fourth-order valence-electron chi connectivity index (χ4n) is 2.16. The highest BCUT2D eigenvalue weighted by Crippen LogP contribution is 2.19. The second kappa shape index (κ2) is 7.72. The Morgan fingerprint density at radius 2 is 2.00 bits per heavy atom. The molecule has 0 unspecified atom stereocenters. The Balaban J connectivity index is 2.03. The minimum absolute atomic E-state index is 0.0594. The second-order valence-corrected chi connectivity index (χ2v) is 5.93. The van der Waals surface area contributed by atoms with Gasteiger partial charge in [-0.2, -0.15) is 5.10 Å². The van der Waals surface area contributed by atoms with Gasteiger partial charge in [0.15, 0.2) is 5.82 Å². The first-order valence-electron chi connectivity index (χ1n) is 8.02. The minimum atomic E-state index is -0.687. The van der Waals surface area contributed by atoms with Crippen LogP contribution in [0.2, 0.25) is 0 Å². The summed E-state index contributed by atoms with van der Waals surface area (Å²) >= 11 is 0. The molecule has 24 heavy (non-hydrogen) atoms. The average molecular weight is 329 g/mol. The van der Waals surface area contributed by atoms with Gasteiger partial charge in [0.1, 0.15) is 5.82 Å². The van der Waals surface area contributed by atoms with Crippen LogP contribution in [-0.2, 0) is 9.59 Å². The van der Waals surface area contributed by atoms with E-state index in [0.29, 0.717) is 23.3 Å². The number of aryl methyl sites for hydroxylation is 1. The van der Waals surface area contributed by atoms with Crippen molar-refractivity contribution >= 4 is 17.5 Å². The van der Waals surface area contributed by atoms with Gasteiger partial charge >= 0.3 is 11.8 Å². The highest BCUT2D eigenvalue weighted by atomic mass is 16.2. The highest BCUT2D eigenvalue weighted by molar-refractivity contribution is 6.39. The van der Waals surface area contributed by atoms with Crippen molar-refractivity contribution in [1.82, 2.24) is 20.5 Å². The van der Waals surface area contributed by atoms with E-state index in [1.165, 1.54) is 0 Å². The van der Waals surface area contributed by atoms with Gasteiger partial charge in [0.05, 0.1) is 0 Å². The predicted octanol–water partition coefficient (Wildman–Crippen LogP) is 2.27. The van der Waals surface area contributed by atoms with Crippen LogP contribution in [0, 0.1) is 12.8 Å². The Morgan fingerprint density at radius 3 is 2.62 bits per heavy atom. The Bertz CT molecular complexity index is 725. The van der Waals surface area contributed by atoms with Crippen molar-refractivity contribution in [2.75, 3.05) is 5.32 Å². The van der Waals surface area contributed by atoms with Crippen molar-refractivity contribution in [2.45, 2.75) is 40.2 Å². The number of carbonyl (C=O) groups excluding carboxylic acids is 2. The van der Waals surface area contributed by atoms with Gasteiger partial charge in [-0.25, -0.2) is 4.98 Å². The Hall–Kier alpha value is -2.70. The molecule has 1 aromatic carbocycles. The maximum absolute atomic E-state index is 12.1. The first-order valence-corrected chi connectivity index (χ1v) is 8.02. The average Bonchev–Trinajstić information content (AvgIpc) is 3.00. The maximum atomic E-state index is 12.1. The van der Waals surface area contributed by atoms with Crippen molar-refractivity contribution in [2.24, 2.45) is 5.92 Å². The summed E-state index contributed by atoms with van der Waals surface area (Å²) in [7, 11) is 0. The number of amides is 2. The SMILES string of the molecule is CC[C@@H](C)[C@H](C)NC(=O)C(=O)Nc1cccc(-c2n[nH]c(C)n2)c1. The van der Waals surface area contributed by atoms with Gasteiger partial charge in [0.2, 0.25) is 0 Å². The van der Waals surface area contributed by atoms with E-state index in [-0.39, 0.29) is 6.04 Å². The molecule has 0 bridgehead atoms. The number of aromatic nitrogens is 3. The molecule has 0 spiro atoms. The number of benzene rings is 1.